The lowest BCUT2D eigenvalue weighted by molar-refractivity contribution is 0.973. The first kappa shape index (κ1) is 8.50. The highest BCUT2D eigenvalue weighted by atomic mass is 16.1. The van der Waals surface area contributed by atoms with Crippen LogP contribution in [0.4, 0.5) is 0 Å². The molecule has 0 fully saturated rings. The van der Waals surface area contributed by atoms with Crippen molar-refractivity contribution in [2.75, 3.05) is 0 Å². The van der Waals surface area contributed by atoms with E-state index in [1.165, 1.54) is 22.9 Å². The Morgan fingerprint density at radius 1 is 1.07 bits per heavy atom. The van der Waals surface area contributed by atoms with Gasteiger partial charge >= 0.3 is 0 Å². The highest BCUT2D eigenvalue weighted by molar-refractivity contribution is 5.27. The average molecular weight is 188 g/mol. The first-order valence-electron chi connectivity index (χ1n) is 4.14. The maximum absolute atomic E-state index is 11.4. The summed E-state index contributed by atoms with van der Waals surface area (Å²) >= 11 is 0. The molecule has 0 unspecified atom stereocenters. The second-order valence-electron chi connectivity index (χ2n) is 2.82. The fourth-order valence-corrected chi connectivity index (χ4v) is 1.19. The van der Waals surface area contributed by atoms with Crippen LogP contribution in [0.25, 0.3) is 5.69 Å². The van der Waals surface area contributed by atoms with Gasteiger partial charge in [-0.05, 0) is 12.1 Å². The lowest BCUT2D eigenvalue weighted by atomic mass is 10.4. The maximum atomic E-state index is 11.4. The van der Waals surface area contributed by atoms with E-state index in [0.717, 1.165) is 0 Å². The van der Waals surface area contributed by atoms with E-state index in [2.05, 4.69) is 4.98 Å². The van der Waals surface area contributed by atoms with Crippen LogP contribution in [-0.2, 0) is 0 Å². The van der Waals surface area contributed by atoms with Gasteiger partial charge in [0.1, 0.15) is 0 Å². The van der Waals surface area contributed by atoms with Crippen molar-refractivity contribution in [3.05, 3.63) is 63.4 Å². The molecule has 0 amide bonds. The fourth-order valence-electron chi connectivity index (χ4n) is 1.19. The molecule has 0 aliphatic heterocycles. The lowest BCUT2D eigenvalue weighted by Gasteiger charge is -2.02. The summed E-state index contributed by atoms with van der Waals surface area (Å²) < 4.78 is 1.45. The highest BCUT2D eigenvalue weighted by Crippen LogP contribution is 1.98. The van der Waals surface area contributed by atoms with Gasteiger partial charge in [-0.25, -0.2) is 0 Å². The Morgan fingerprint density at radius 3 is 2.57 bits per heavy atom. The van der Waals surface area contributed by atoms with Gasteiger partial charge in [0.05, 0.1) is 5.69 Å². The van der Waals surface area contributed by atoms with Crippen LogP contribution in [0.15, 0.2) is 52.3 Å². The second-order valence-corrected chi connectivity index (χ2v) is 2.82. The molecule has 2 aromatic heterocycles. The molecule has 0 spiro atoms. The van der Waals surface area contributed by atoms with Crippen molar-refractivity contribution in [1.29, 1.82) is 0 Å². The van der Waals surface area contributed by atoms with E-state index >= 15 is 0 Å². The van der Waals surface area contributed by atoms with E-state index in [9.17, 15) is 9.59 Å². The molecule has 0 aliphatic carbocycles. The molecule has 0 saturated carbocycles. The minimum Gasteiger partial charge on any atom is -0.327 e. The minimum absolute atomic E-state index is 0.125. The molecule has 2 heterocycles. The van der Waals surface area contributed by atoms with Gasteiger partial charge in [0.2, 0.25) is 5.56 Å². The Morgan fingerprint density at radius 2 is 1.93 bits per heavy atom. The molecule has 1 N–H and O–H groups in total. The van der Waals surface area contributed by atoms with Crippen molar-refractivity contribution >= 4 is 0 Å². The molecule has 0 radical (unpaired) electrons. The number of pyridine rings is 2. The summed E-state index contributed by atoms with van der Waals surface area (Å²) in [5, 5.41) is 0. The van der Waals surface area contributed by atoms with Crippen molar-refractivity contribution < 1.29 is 0 Å². The number of nitrogens with zero attached hydrogens (tertiary/aromatic N) is 1. The molecule has 4 heteroatoms. The van der Waals surface area contributed by atoms with Crippen molar-refractivity contribution in [3.63, 3.8) is 0 Å². The predicted octanol–water partition coefficient (Wildman–Crippen LogP) is 0.526. The van der Waals surface area contributed by atoms with Gasteiger partial charge in [0.15, 0.2) is 0 Å². The third-order valence-electron chi connectivity index (χ3n) is 1.87. The van der Waals surface area contributed by atoms with Crippen LogP contribution in [-0.4, -0.2) is 9.55 Å². The zero-order valence-electron chi connectivity index (χ0n) is 7.31. The Kier molecular flexibility index (Phi) is 2.02. The molecule has 70 valence electrons. The third-order valence-corrected chi connectivity index (χ3v) is 1.87. The van der Waals surface area contributed by atoms with E-state index in [-0.39, 0.29) is 11.1 Å². The number of aromatic amines is 1. The van der Waals surface area contributed by atoms with Crippen LogP contribution in [0, 0.1) is 0 Å². The average Bonchev–Trinajstić information content (AvgIpc) is 2.20. The van der Waals surface area contributed by atoms with Crippen LogP contribution in [0.5, 0.6) is 0 Å². The molecular weight excluding hydrogens is 180 g/mol. The number of rotatable bonds is 1. The zero-order valence-corrected chi connectivity index (χ0v) is 7.31. The quantitative estimate of drug-likeness (QED) is 0.709. The summed E-state index contributed by atoms with van der Waals surface area (Å²) in [6, 6.07) is 7.87. The Labute approximate surface area is 79.5 Å². The van der Waals surface area contributed by atoms with Crippen molar-refractivity contribution in [3.8, 4) is 5.69 Å². The Balaban J connectivity index is 2.61. The lowest BCUT2D eigenvalue weighted by Crippen LogP contribution is -2.16. The van der Waals surface area contributed by atoms with Gasteiger partial charge in [-0.15, -0.1) is 0 Å². The number of aromatic nitrogens is 2. The van der Waals surface area contributed by atoms with Gasteiger partial charge in [0.25, 0.3) is 5.56 Å². The van der Waals surface area contributed by atoms with Crippen molar-refractivity contribution in [1.82, 2.24) is 9.55 Å². The molecular formula is C10H8N2O2. The van der Waals surface area contributed by atoms with E-state index < -0.39 is 0 Å². The highest BCUT2D eigenvalue weighted by Gasteiger charge is 1.96. The van der Waals surface area contributed by atoms with Crippen LogP contribution in [0.3, 0.4) is 0 Å². The zero-order chi connectivity index (χ0) is 9.97. The molecule has 0 atom stereocenters. The summed E-state index contributed by atoms with van der Waals surface area (Å²) in [6.45, 7) is 0. The fraction of sp³-hybridized carbons (Fsp3) is 0. The van der Waals surface area contributed by atoms with Gasteiger partial charge < -0.3 is 4.98 Å². The van der Waals surface area contributed by atoms with E-state index in [4.69, 9.17) is 0 Å². The van der Waals surface area contributed by atoms with E-state index in [0.29, 0.717) is 5.69 Å². The van der Waals surface area contributed by atoms with Crippen LogP contribution in [0.1, 0.15) is 0 Å². The molecule has 0 saturated heterocycles. The van der Waals surface area contributed by atoms with Crippen LogP contribution < -0.4 is 11.1 Å². The molecule has 2 rings (SSSR count). The molecule has 2 aromatic rings. The SMILES string of the molecule is O=c1ccc(-n2ccccc2=O)c[nH]1. The largest absolute Gasteiger partial charge is 0.327 e. The second kappa shape index (κ2) is 3.33. The summed E-state index contributed by atoms with van der Waals surface area (Å²) in [6.07, 6.45) is 3.15. The van der Waals surface area contributed by atoms with E-state index in [1.54, 1.807) is 24.4 Å². The molecule has 14 heavy (non-hydrogen) atoms. The Bertz CT molecular complexity index is 534. The monoisotopic (exact) mass is 188 g/mol. The number of H-pyrrole nitrogens is 1. The summed E-state index contributed by atoms with van der Waals surface area (Å²) in [5.41, 5.74) is 0.340. The predicted molar refractivity (Wildman–Crippen MR) is 52.7 cm³/mol. The Hall–Kier alpha value is -2.10. The van der Waals surface area contributed by atoms with Crippen LogP contribution >= 0.6 is 0 Å². The number of nitrogens with one attached hydrogen (secondary N) is 1. The normalized spacial score (nSPS) is 10.0. The molecule has 4 nitrogen and oxygen atoms in total. The first-order chi connectivity index (χ1) is 6.77. The number of hydrogen-bond donors (Lipinski definition) is 1. The minimum atomic E-state index is -0.183. The van der Waals surface area contributed by atoms with Crippen molar-refractivity contribution in [2.45, 2.75) is 0 Å². The van der Waals surface area contributed by atoms with Gasteiger partial charge in [-0.1, -0.05) is 6.07 Å². The van der Waals surface area contributed by atoms with Gasteiger partial charge in [-0.3, -0.25) is 14.2 Å². The number of hydrogen-bond acceptors (Lipinski definition) is 2. The third kappa shape index (κ3) is 1.50. The van der Waals surface area contributed by atoms with Crippen LogP contribution in [0.2, 0.25) is 0 Å². The van der Waals surface area contributed by atoms with E-state index in [1.807, 2.05) is 0 Å². The summed E-state index contributed by atoms with van der Waals surface area (Å²) in [7, 11) is 0. The smallest absolute Gasteiger partial charge is 0.255 e. The molecule has 0 aliphatic rings. The first-order valence-corrected chi connectivity index (χ1v) is 4.14. The molecule has 0 aromatic carbocycles. The van der Waals surface area contributed by atoms with Gasteiger partial charge in [-0.2, -0.15) is 0 Å². The topological polar surface area (TPSA) is 54.9 Å². The molecule has 0 bridgehead atoms. The summed E-state index contributed by atoms with van der Waals surface area (Å²) in [5.74, 6) is 0. The standard InChI is InChI=1S/C10H8N2O2/c13-9-5-4-8(7-11-9)12-6-2-1-3-10(12)14/h1-7H,(H,11,13). The van der Waals surface area contributed by atoms with Crippen molar-refractivity contribution in [2.24, 2.45) is 0 Å². The summed E-state index contributed by atoms with van der Waals surface area (Å²) in [4.78, 5) is 24.7. The van der Waals surface area contributed by atoms with Gasteiger partial charge in [0, 0.05) is 24.5 Å². The maximum Gasteiger partial charge on any atom is 0.255 e.